The number of rotatable bonds is 9. The summed E-state index contributed by atoms with van der Waals surface area (Å²) in [5.74, 6) is -5.74. The Morgan fingerprint density at radius 1 is 1.21 bits per heavy atom. The van der Waals surface area contributed by atoms with Crippen LogP contribution in [0, 0.1) is 28.6 Å². The van der Waals surface area contributed by atoms with Gasteiger partial charge in [-0.2, -0.15) is 13.2 Å². The summed E-state index contributed by atoms with van der Waals surface area (Å²) < 4.78 is 64.9. The van der Waals surface area contributed by atoms with Crippen molar-refractivity contribution in [3.05, 3.63) is 0 Å². The van der Waals surface area contributed by atoms with Gasteiger partial charge in [-0.15, -0.1) is 0 Å². The Morgan fingerprint density at radius 3 is 2.29 bits per heavy atom. The molecule has 4 amide bonds. The van der Waals surface area contributed by atoms with Crippen molar-refractivity contribution in [1.82, 2.24) is 20.3 Å². The lowest BCUT2D eigenvalue weighted by molar-refractivity contribution is -0.144. The quantitative estimate of drug-likeness (QED) is 0.303. The van der Waals surface area contributed by atoms with Crippen LogP contribution in [0.1, 0.15) is 47.5 Å². The van der Waals surface area contributed by atoms with Crippen molar-refractivity contribution in [1.29, 1.82) is 0 Å². The zero-order valence-electron chi connectivity index (χ0n) is 22.0. The third-order valence-corrected chi connectivity index (χ3v) is 9.17. The maximum atomic E-state index is 13.7. The molecule has 0 unspecified atom stereocenters. The van der Waals surface area contributed by atoms with Crippen molar-refractivity contribution in [3.8, 4) is 0 Å². The Hall–Kier alpha value is -2.42. The van der Waals surface area contributed by atoms with Gasteiger partial charge in [-0.05, 0) is 35.5 Å². The van der Waals surface area contributed by atoms with Crippen LogP contribution in [-0.4, -0.2) is 80.1 Å². The van der Waals surface area contributed by atoms with Gasteiger partial charge in [0.25, 0.3) is 0 Å². The molecule has 2 heterocycles. The van der Waals surface area contributed by atoms with E-state index in [2.05, 4.69) is 10.6 Å². The summed E-state index contributed by atoms with van der Waals surface area (Å²) in [6.45, 7) is 8.84. The molecule has 0 bridgehead atoms. The number of halogens is 3. The summed E-state index contributed by atoms with van der Waals surface area (Å²) in [6, 6.07) is -3.86. The summed E-state index contributed by atoms with van der Waals surface area (Å²) in [7, 11) is -4.93. The van der Waals surface area contributed by atoms with Crippen LogP contribution in [0.5, 0.6) is 0 Å². The average Bonchev–Trinajstić information content (AvgIpc) is 3.09. The van der Waals surface area contributed by atoms with Crippen molar-refractivity contribution >= 4 is 33.7 Å². The number of hydrogen-bond acceptors (Lipinski definition) is 6. The van der Waals surface area contributed by atoms with Crippen LogP contribution < -0.4 is 21.1 Å². The van der Waals surface area contributed by atoms with Crippen LogP contribution in [0.25, 0.3) is 0 Å². The minimum Gasteiger partial charge on any atom is -0.368 e. The molecular weight excluding hydrogens is 531 g/mol. The van der Waals surface area contributed by atoms with Crippen LogP contribution >= 0.6 is 0 Å². The van der Waals surface area contributed by atoms with Crippen LogP contribution in [0.4, 0.5) is 13.2 Å². The van der Waals surface area contributed by atoms with E-state index in [1.807, 2.05) is 18.6 Å². The van der Waals surface area contributed by atoms with Crippen molar-refractivity contribution in [2.75, 3.05) is 18.8 Å². The van der Waals surface area contributed by atoms with E-state index in [0.29, 0.717) is 13.0 Å². The highest BCUT2D eigenvalue weighted by molar-refractivity contribution is 7.89. The topological polar surface area (TPSA) is 168 Å². The molecule has 0 spiro atoms. The highest BCUT2D eigenvalue weighted by Gasteiger charge is 2.70. The SMILES string of the molecule is CC(C)(C)[C@H](NS(=O)(=O)CC(F)(F)F)C(=O)N1C[C@H]2[C@@H]([C@H]1C(=O)N[C@@H](C[C@@H]1CCNC1=O)C(N)=O)C2(C)C. The lowest BCUT2D eigenvalue weighted by Crippen LogP contribution is -2.61. The predicted octanol–water partition coefficient (Wildman–Crippen LogP) is -0.138. The first-order valence-electron chi connectivity index (χ1n) is 12.4. The molecule has 2 aliphatic heterocycles. The number of hydrogen-bond donors (Lipinski definition) is 4. The zero-order valence-corrected chi connectivity index (χ0v) is 22.8. The summed E-state index contributed by atoms with van der Waals surface area (Å²) in [5, 5.41) is 5.21. The Bertz CT molecular complexity index is 1100. The second-order valence-corrected chi connectivity index (χ2v) is 13.9. The minimum atomic E-state index is -5.01. The molecule has 3 aliphatic rings. The van der Waals surface area contributed by atoms with Crippen LogP contribution in [0.3, 0.4) is 0 Å². The number of piperidine rings is 1. The van der Waals surface area contributed by atoms with Crippen LogP contribution in [0.15, 0.2) is 0 Å². The summed E-state index contributed by atoms with van der Waals surface area (Å²) in [4.78, 5) is 52.4. The molecule has 11 nitrogen and oxygen atoms in total. The number of likely N-dealkylation sites (tertiary alicyclic amines) is 1. The molecule has 3 fully saturated rings. The number of nitrogens with two attached hydrogens (primary N) is 1. The molecule has 5 N–H and O–H groups in total. The number of nitrogens with zero attached hydrogens (tertiary/aromatic N) is 1. The molecule has 0 aromatic carbocycles. The molecule has 0 radical (unpaired) electrons. The summed E-state index contributed by atoms with van der Waals surface area (Å²) in [6.07, 6.45) is -4.57. The number of carbonyl (C=O) groups excluding carboxylic acids is 4. The number of alkyl halides is 3. The van der Waals surface area contributed by atoms with E-state index in [9.17, 15) is 40.8 Å². The van der Waals surface area contributed by atoms with Crippen molar-refractivity contribution < 1.29 is 40.8 Å². The van der Waals surface area contributed by atoms with E-state index in [-0.39, 0.29) is 36.1 Å². The fraction of sp³-hybridized carbons (Fsp3) is 0.826. The number of amides is 4. The van der Waals surface area contributed by atoms with Crippen LogP contribution in [0.2, 0.25) is 0 Å². The second kappa shape index (κ2) is 9.96. The Morgan fingerprint density at radius 2 is 1.82 bits per heavy atom. The van der Waals surface area contributed by atoms with Crippen molar-refractivity contribution in [3.63, 3.8) is 0 Å². The molecule has 15 heteroatoms. The largest absolute Gasteiger partial charge is 0.404 e. The lowest BCUT2D eigenvalue weighted by atomic mass is 9.86. The highest BCUT2D eigenvalue weighted by Crippen LogP contribution is 2.65. The Kier molecular flexibility index (Phi) is 7.89. The lowest BCUT2D eigenvalue weighted by Gasteiger charge is -2.37. The minimum absolute atomic E-state index is 0.0209. The third-order valence-electron chi connectivity index (χ3n) is 7.87. The van der Waals surface area contributed by atoms with E-state index in [4.69, 9.17) is 5.73 Å². The molecule has 6 atom stereocenters. The van der Waals surface area contributed by atoms with Gasteiger partial charge in [-0.3, -0.25) is 19.2 Å². The van der Waals surface area contributed by atoms with Gasteiger partial charge in [0.1, 0.15) is 18.1 Å². The summed E-state index contributed by atoms with van der Waals surface area (Å²) in [5.41, 5.74) is 4.02. The van der Waals surface area contributed by atoms with E-state index in [1.165, 1.54) is 25.7 Å². The number of primary amides is 1. The number of sulfonamides is 1. The third kappa shape index (κ3) is 6.41. The van der Waals surface area contributed by atoms with Crippen molar-refractivity contribution in [2.24, 2.45) is 34.3 Å². The van der Waals surface area contributed by atoms with Gasteiger partial charge in [-0.1, -0.05) is 34.6 Å². The maximum absolute atomic E-state index is 13.7. The second-order valence-electron chi connectivity index (χ2n) is 12.2. The van der Waals surface area contributed by atoms with Gasteiger partial charge in [0, 0.05) is 19.0 Å². The fourth-order valence-electron chi connectivity index (χ4n) is 5.67. The fourth-order valence-corrected chi connectivity index (χ4v) is 7.00. The molecule has 1 saturated carbocycles. The Labute approximate surface area is 219 Å². The first-order chi connectivity index (χ1) is 17.2. The number of nitrogens with one attached hydrogen (secondary N) is 3. The highest BCUT2D eigenvalue weighted by atomic mass is 32.2. The van der Waals surface area contributed by atoms with E-state index >= 15 is 0 Å². The van der Waals surface area contributed by atoms with Gasteiger partial charge < -0.3 is 21.3 Å². The normalized spacial score (nSPS) is 28.3. The number of carbonyl (C=O) groups is 4. The molecule has 38 heavy (non-hydrogen) atoms. The monoisotopic (exact) mass is 567 g/mol. The first kappa shape index (κ1) is 30.1. The van der Waals surface area contributed by atoms with Gasteiger partial charge in [0.05, 0.1) is 0 Å². The smallest absolute Gasteiger partial charge is 0.368 e. The molecular formula is C23H36F3N5O6S. The van der Waals surface area contributed by atoms with Gasteiger partial charge >= 0.3 is 6.18 Å². The average molecular weight is 568 g/mol. The Balaban J connectivity index is 1.85. The molecule has 1 aliphatic carbocycles. The predicted molar refractivity (Wildman–Crippen MR) is 129 cm³/mol. The molecule has 0 aromatic heterocycles. The molecule has 0 aromatic rings. The number of fused-ring (bicyclic) bond motifs is 1. The van der Waals surface area contributed by atoms with Gasteiger partial charge in [0.15, 0.2) is 5.75 Å². The first-order valence-corrected chi connectivity index (χ1v) is 14.1. The van der Waals surface area contributed by atoms with E-state index < -0.39 is 69.1 Å². The summed E-state index contributed by atoms with van der Waals surface area (Å²) >= 11 is 0. The van der Waals surface area contributed by atoms with E-state index in [0.717, 1.165) is 0 Å². The zero-order chi connectivity index (χ0) is 29.0. The molecule has 3 rings (SSSR count). The maximum Gasteiger partial charge on any atom is 0.404 e. The molecule has 216 valence electrons. The van der Waals surface area contributed by atoms with E-state index in [1.54, 1.807) is 0 Å². The van der Waals surface area contributed by atoms with Gasteiger partial charge in [0.2, 0.25) is 33.7 Å². The standard InChI is InChI=1S/C23H36F3N5O6S/c1-21(2,3)16(30-38(36,37)10-23(24,25)26)20(35)31-9-12-14(22(12,4)5)15(31)19(34)29-13(17(27)32)8-11-6-7-28-18(11)33/h11-16,30H,6-10H2,1-5H3,(H2,27,32)(H,28,33)(H,29,34)/t11-,12-,13-,14-,15-,16+/m0/s1. The van der Waals surface area contributed by atoms with Crippen molar-refractivity contribution in [2.45, 2.75) is 71.8 Å². The van der Waals surface area contributed by atoms with Gasteiger partial charge in [-0.25, -0.2) is 13.1 Å². The molecule has 2 saturated heterocycles. The van der Waals surface area contributed by atoms with Crippen LogP contribution in [-0.2, 0) is 29.2 Å².